The molecule has 8 nitrogen and oxygen atoms in total. The van der Waals surface area contributed by atoms with E-state index in [1.54, 1.807) is 25.7 Å². The molecule has 4 aliphatic heterocycles. The number of likely N-dealkylation sites (tertiary alicyclic amines) is 2. The van der Waals surface area contributed by atoms with Gasteiger partial charge in [0.1, 0.15) is 24.0 Å². The van der Waals surface area contributed by atoms with E-state index in [1.807, 2.05) is 56.6 Å². The van der Waals surface area contributed by atoms with Crippen LogP contribution in [0.2, 0.25) is 0 Å². The number of hydrogen-bond donors (Lipinski definition) is 0. The molecule has 0 unspecified atom stereocenters. The van der Waals surface area contributed by atoms with Crippen molar-refractivity contribution in [3.05, 3.63) is 108 Å². The molecule has 0 spiro atoms. The van der Waals surface area contributed by atoms with Gasteiger partial charge in [0.05, 0.1) is 25.2 Å². The van der Waals surface area contributed by atoms with Crippen LogP contribution in [0.5, 0.6) is 0 Å². The molecule has 3 aromatic carbocycles. The van der Waals surface area contributed by atoms with Crippen molar-refractivity contribution in [3.8, 4) is 11.1 Å². The summed E-state index contributed by atoms with van der Waals surface area (Å²) >= 11 is 0. The van der Waals surface area contributed by atoms with Gasteiger partial charge in [-0.05, 0) is 72.8 Å². The molecule has 0 aliphatic carbocycles. The molecule has 2 fully saturated rings. The van der Waals surface area contributed by atoms with E-state index < -0.39 is 36.1 Å². The number of likely N-dealkylation sites (N-methyl/N-ethyl adjacent to an activating group) is 1. The number of amides is 2. The lowest BCUT2D eigenvalue weighted by Crippen LogP contribution is -2.47. The highest BCUT2D eigenvalue weighted by Gasteiger charge is 2.43. The van der Waals surface area contributed by atoms with Crippen LogP contribution in [-0.4, -0.2) is 94.3 Å². The minimum atomic E-state index is -1.11. The summed E-state index contributed by atoms with van der Waals surface area (Å²) in [5.74, 6) is -0.0719. The fourth-order valence-electron chi connectivity index (χ4n) is 8.27. The first-order valence-corrected chi connectivity index (χ1v) is 19.5. The van der Waals surface area contributed by atoms with E-state index in [0.717, 1.165) is 50.4 Å². The number of hydrogen-bond acceptors (Lipinski definition) is 6. The summed E-state index contributed by atoms with van der Waals surface area (Å²) < 4.78 is 35.1. The number of benzene rings is 3. The molecular weight excluding hydrogens is 697 g/mol. The molecule has 2 amide bonds. The highest BCUT2D eigenvalue weighted by molar-refractivity contribution is 6.04. The molecule has 3 aromatic rings. The molecule has 0 bridgehead atoms. The van der Waals surface area contributed by atoms with Crippen molar-refractivity contribution in [2.75, 3.05) is 26.2 Å². The van der Waals surface area contributed by atoms with E-state index in [1.165, 1.54) is 4.90 Å². The lowest BCUT2D eigenvalue weighted by Gasteiger charge is -2.34. The van der Waals surface area contributed by atoms with Gasteiger partial charge in [-0.15, -0.1) is 0 Å². The Bertz CT molecular complexity index is 2000. The zero-order chi connectivity index (χ0) is 38.9. The van der Waals surface area contributed by atoms with Gasteiger partial charge in [0.15, 0.2) is 0 Å². The van der Waals surface area contributed by atoms with Crippen LogP contribution >= 0.6 is 0 Å². The number of carbonyl (C=O) groups is 2. The van der Waals surface area contributed by atoms with Crippen LogP contribution in [0.3, 0.4) is 0 Å². The molecule has 0 aromatic heterocycles. The average molecular weight is 748 g/mol. The molecule has 0 saturated carbocycles. The van der Waals surface area contributed by atoms with Crippen LogP contribution in [0.1, 0.15) is 83.0 Å². The second kappa shape index (κ2) is 16.0. The standard InChI is InChI=1S/C45H51F2N5O3/c1-6-50(7-2)42(33-11-9-8-10-12-33)43(53)51-27-36(46)23-40(51)38-21-34(25-48-38)31-17-13-29(14-18-31)30-15-19-32(20-16-30)35-22-39(49-26-35)41-24-37(47)28-52(41)44(54)55-45(3,4)5/h8-20,25-26,36-37,40-42H,6-7,21-24,27-28H2,1-5H3/t36-,37-,40-,41-,42+/m0/s1. The highest BCUT2D eigenvalue weighted by Crippen LogP contribution is 2.36. The number of aliphatic imine (C=N–C) groups is 2. The van der Waals surface area contributed by atoms with E-state index in [0.29, 0.717) is 25.9 Å². The average Bonchev–Trinajstić information content (AvgIpc) is 4.00. The lowest BCUT2D eigenvalue weighted by atomic mass is 9.94. The number of nitrogens with zero attached hydrogens (tertiary/aromatic N) is 5. The maximum absolute atomic E-state index is 15.1. The lowest BCUT2D eigenvalue weighted by molar-refractivity contribution is -0.137. The van der Waals surface area contributed by atoms with Gasteiger partial charge in [-0.1, -0.05) is 92.7 Å². The first kappa shape index (κ1) is 38.3. The van der Waals surface area contributed by atoms with Crippen molar-refractivity contribution in [2.45, 2.75) is 96.4 Å². The summed E-state index contributed by atoms with van der Waals surface area (Å²) in [6.07, 6.45) is 2.58. The van der Waals surface area contributed by atoms with Gasteiger partial charge >= 0.3 is 6.09 Å². The summed E-state index contributed by atoms with van der Waals surface area (Å²) in [4.78, 5) is 41.8. The fraction of sp³-hybridized carbons (Fsp3) is 0.422. The van der Waals surface area contributed by atoms with Crippen molar-refractivity contribution in [1.29, 1.82) is 0 Å². The van der Waals surface area contributed by atoms with Gasteiger partial charge in [0, 0.05) is 49.5 Å². The molecular formula is C45H51F2N5O3. The normalized spacial score (nSPS) is 23.1. The molecule has 2 saturated heterocycles. The van der Waals surface area contributed by atoms with Crippen molar-refractivity contribution >= 4 is 34.6 Å². The number of rotatable bonds is 10. The van der Waals surface area contributed by atoms with Crippen LogP contribution in [0, 0.1) is 0 Å². The number of ether oxygens (including phenoxy) is 1. The number of halogens is 2. The van der Waals surface area contributed by atoms with E-state index in [2.05, 4.69) is 58.4 Å². The number of alkyl halides is 2. The predicted octanol–water partition coefficient (Wildman–Crippen LogP) is 9.09. The maximum Gasteiger partial charge on any atom is 0.410 e. The third-order valence-electron chi connectivity index (χ3n) is 11.1. The second-order valence-electron chi connectivity index (χ2n) is 15.9. The Morgan fingerprint density at radius 2 is 1.18 bits per heavy atom. The van der Waals surface area contributed by atoms with Gasteiger partial charge in [-0.3, -0.25) is 24.6 Å². The second-order valence-corrected chi connectivity index (χ2v) is 15.9. The number of carbonyl (C=O) groups excluding carboxylic acids is 2. The molecule has 5 atom stereocenters. The van der Waals surface area contributed by atoms with Gasteiger partial charge in [0.25, 0.3) is 0 Å². The minimum Gasteiger partial charge on any atom is -0.444 e. The molecule has 7 rings (SSSR count). The van der Waals surface area contributed by atoms with Crippen molar-refractivity contribution in [2.24, 2.45) is 9.98 Å². The minimum absolute atomic E-state index is 0.0133. The topological polar surface area (TPSA) is 77.8 Å². The predicted molar refractivity (Wildman–Crippen MR) is 215 cm³/mol. The van der Waals surface area contributed by atoms with E-state index >= 15 is 4.39 Å². The monoisotopic (exact) mass is 747 g/mol. The summed E-state index contributed by atoms with van der Waals surface area (Å²) in [7, 11) is 0. The van der Waals surface area contributed by atoms with Crippen molar-refractivity contribution < 1.29 is 23.1 Å². The smallest absolute Gasteiger partial charge is 0.410 e. The summed E-state index contributed by atoms with van der Waals surface area (Å²) in [6, 6.07) is 25.2. The summed E-state index contributed by atoms with van der Waals surface area (Å²) in [6.45, 7) is 11.0. The maximum atomic E-state index is 15.1. The zero-order valence-electron chi connectivity index (χ0n) is 32.4. The Morgan fingerprint density at radius 1 is 0.727 bits per heavy atom. The van der Waals surface area contributed by atoms with Gasteiger partial charge in [0.2, 0.25) is 5.91 Å². The zero-order valence-corrected chi connectivity index (χ0v) is 32.4. The van der Waals surface area contributed by atoms with Crippen LogP contribution in [0.15, 0.2) is 101 Å². The molecule has 55 heavy (non-hydrogen) atoms. The quantitative estimate of drug-likeness (QED) is 0.207. The van der Waals surface area contributed by atoms with Crippen molar-refractivity contribution in [3.63, 3.8) is 0 Å². The largest absolute Gasteiger partial charge is 0.444 e. The molecule has 4 aliphatic rings. The third kappa shape index (κ3) is 8.34. The van der Waals surface area contributed by atoms with Gasteiger partial charge in [-0.2, -0.15) is 0 Å². The van der Waals surface area contributed by atoms with Crippen LogP contribution in [-0.2, 0) is 9.53 Å². The molecule has 4 heterocycles. The Labute approximate surface area is 323 Å². The SMILES string of the molecule is CCN(CC)[C@@H](C(=O)N1C[C@@H](F)C[C@H]1C1=NC=C(c2ccc(-c3ccc(C4=CN=C([C@@H]5C[C@H](F)CN5C(=O)OC(C)(C)C)C4)cc3)cc2)C1)c1ccccc1. The number of allylic oxidation sites excluding steroid dienone is 2. The Balaban J connectivity index is 0.972. The Kier molecular flexibility index (Phi) is 11.2. The molecule has 0 N–H and O–H groups in total. The van der Waals surface area contributed by atoms with Crippen LogP contribution < -0.4 is 0 Å². The van der Waals surface area contributed by atoms with Crippen LogP contribution in [0.25, 0.3) is 22.3 Å². The highest BCUT2D eigenvalue weighted by atomic mass is 19.1. The van der Waals surface area contributed by atoms with Gasteiger partial charge in [-0.25, -0.2) is 13.6 Å². The molecule has 288 valence electrons. The fourth-order valence-corrected chi connectivity index (χ4v) is 8.27. The first-order valence-electron chi connectivity index (χ1n) is 19.5. The van der Waals surface area contributed by atoms with Crippen molar-refractivity contribution in [1.82, 2.24) is 14.7 Å². The molecule has 10 heteroatoms. The van der Waals surface area contributed by atoms with E-state index in [4.69, 9.17) is 9.73 Å². The first-order chi connectivity index (χ1) is 26.4. The van der Waals surface area contributed by atoms with E-state index in [9.17, 15) is 14.0 Å². The summed E-state index contributed by atoms with van der Waals surface area (Å²) in [5.41, 5.74) is 8.14. The van der Waals surface area contributed by atoms with Crippen LogP contribution in [0.4, 0.5) is 13.6 Å². The Hall–Kier alpha value is -4.96. The van der Waals surface area contributed by atoms with E-state index in [-0.39, 0.29) is 37.9 Å². The third-order valence-corrected chi connectivity index (χ3v) is 11.1. The summed E-state index contributed by atoms with van der Waals surface area (Å²) in [5, 5.41) is 0. The molecule has 0 radical (unpaired) electrons. The van der Waals surface area contributed by atoms with Gasteiger partial charge < -0.3 is 9.64 Å². The Morgan fingerprint density at radius 3 is 1.65 bits per heavy atom.